The molecule has 0 spiro atoms. The van der Waals surface area contributed by atoms with Crippen molar-refractivity contribution in [3.8, 4) is 0 Å². The fraction of sp³-hybridized carbons (Fsp3) is 0.875. The number of hydrogen-bond donors (Lipinski definition) is 1. The Kier molecular flexibility index (Phi) is 4.79. The summed E-state index contributed by atoms with van der Waals surface area (Å²) in [5.41, 5.74) is -0.774. The van der Waals surface area contributed by atoms with Crippen LogP contribution in [-0.4, -0.2) is 53.6 Å². The minimum Gasteiger partial charge on any atom is -0.481 e. The number of nitrogens with zero attached hydrogens (tertiary/aromatic N) is 2. The number of carbonyl (C=O) groups excluding carboxylic acids is 1. The maximum absolute atomic E-state index is 12.5. The van der Waals surface area contributed by atoms with Crippen LogP contribution in [0.15, 0.2) is 0 Å². The molecule has 5 heteroatoms. The molecule has 1 saturated carbocycles. The van der Waals surface area contributed by atoms with Crippen LogP contribution in [0.3, 0.4) is 0 Å². The lowest BCUT2D eigenvalue weighted by atomic mass is 9.76. The van der Waals surface area contributed by atoms with E-state index in [4.69, 9.17) is 0 Å². The van der Waals surface area contributed by atoms with Crippen molar-refractivity contribution in [3.63, 3.8) is 0 Å². The summed E-state index contributed by atoms with van der Waals surface area (Å²) in [5, 5.41) is 9.55. The average Bonchev–Trinajstić information content (AvgIpc) is 3.06. The molecule has 2 aliphatic rings. The van der Waals surface area contributed by atoms with E-state index in [1.54, 1.807) is 9.80 Å². The zero-order valence-corrected chi connectivity index (χ0v) is 13.5. The van der Waals surface area contributed by atoms with Crippen LogP contribution >= 0.6 is 0 Å². The number of carbonyl (C=O) groups is 2. The Labute approximate surface area is 127 Å². The second-order valence-corrected chi connectivity index (χ2v) is 7.10. The first-order valence-corrected chi connectivity index (χ1v) is 8.10. The van der Waals surface area contributed by atoms with E-state index in [9.17, 15) is 14.7 Å². The number of urea groups is 1. The quantitative estimate of drug-likeness (QED) is 0.867. The van der Waals surface area contributed by atoms with Gasteiger partial charge in [0.25, 0.3) is 0 Å². The van der Waals surface area contributed by atoms with Crippen LogP contribution in [0.5, 0.6) is 0 Å². The van der Waals surface area contributed by atoms with Gasteiger partial charge in [-0.2, -0.15) is 0 Å². The number of amides is 2. The predicted octanol–water partition coefficient (Wildman–Crippen LogP) is 2.66. The van der Waals surface area contributed by atoms with E-state index < -0.39 is 11.4 Å². The van der Waals surface area contributed by atoms with E-state index in [0.29, 0.717) is 25.4 Å². The van der Waals surface area contributed by atoms with Gasteiger partial charge in [-0.25, -0.2) is 4.79 Å². The van der Waals surface area contributed by atoms with E-state index in [0.717, 1.165) is 6.54 Å². The molecule has 0 aromatic rings. The number of likely N-dealkylation sites (tertiary alicyclic amines) is 1. The molecule has 1 aliphatic heterocycles. The predicted molar refractivity (Wildman–Crippen MR) is 81.1 cm³/mol. The van der Waals surface area contributed by atoms with E-state index in [1.807, 2.05) is 20.9 Å². The van der Waals surface area contributed by atoms with E-state index in [-0.39, 0.29) is 11.9 Å². The first kappa shape index (κ1) is 16.1. The number of rotatable bonds is 4. The Morgan fingerprint density at radius 2 is 1.95 bits per heavy atom. The standard InChI is InChI=1S/C16H28N2O3/c1-12(2)16(14(19)20)8-9-18(11-16)15(21)17(3)10-13-6-4-5-7-13/h12-13H,4-11H2,1-3H3,(H,19,20). The molecular formula is C16H28N2O3. The summed E-state index contributed by atoms with van der Waals surface area (Å²) >= 11 is 0. The van der Waals surface area contributed by atoms with Crippen LogP contribution in [0.1, 0.15) is 46.0 Å². The first-order chi connectivity index (χ1) is 9.86. The Morgan fingerprint density at radius 1 is 1.33 bits per heavy atom. The first-order valence-electron chi connectivity index (χ1n) is 8.10. The van der Waals surface area contributed by atoms with Gasteiger partial charge in [-0.1, -0.05) is 26.7 Å². The van der Waals surface area contributed by atoms with Crippen molar-refractivity contribution in [1.29, 1.82) is 0 Å². The smallest absolute Gasteiger partial charge is 0.319 e. The summed E-state index contributed by atoms with van der Waals surface area (Å²) < 4.78 is 0. The maximum atomic E-state index is 12.5. The van der Waals surface area contributed by atoms with Gasteiger partial charge in [-0.15, -0.1) is 0 Å². The second-order valence-electron chi connectivity index (χ2n) is 7.10. The Balaban J connectivity index is 1.96. The highest BCUT2D eigenvalue weighted by atomic mass is 16.4. The minimum absolute atomic E-state index is 0.00863. The highest BCUT2D eigenvalue weighted by Crippen LogP contribution is 2.38. The SMILES string of the molecule is CC(C)C1(C(=O)O)CCN(C(=O)N(C)CC2CCCC2)C1. The number of carboxylic acid groups (broad SMARTS) is 1. The average molecular weight is 296 g/mol. The number of aliphatic carboxylic acids is 1. The van der Waals surface area contributed by atoms with E-state index in [2.05, 4.69) is 0 Å². The third kappa shape index (κ3) is 3.16. The lowest BCUT2D eigenvalue weighted by Crippen LogP contribution is -2.45. The minimum atomic E-state index is -0.774. The second kappa shape index (κ2) is 6.24. The van der Waals surface area contributed by atoms with Crippen molar-refractivity contribution in [1.82, 2.24) is 9.80 Å². The van der Waals surface area contributed by atoms with Crippen LogP contribution in [0, 0.1) is 17.3 Å². The van der Waals surface area contributed by atoms with Crippen molar-refractivity contribution in [3.05, 3.63) is 0 Å². The lowest BCUT2D eigenvalue weighted by Gasteiger charge is -2.30. The maximum Gasteiger partial charge on any atom is 0.319 e. The molecule has 0 aromatic carbocycles. The van der Waals surface area contributed by atoms with Crippen LogP contribution in [0.2, 0.25) is 0 Å². The highest BCUT2D eigenvalue weighted by molar-refractivity contribution is 5.80. The van der Waals surface area contributed by atoms with Gasteiger partial charge < -0.3 is 14.9 Å². The third-order valence-corrected chi connectivity index (χ3v) is 5.44. The van der Waals surface area contributed by atoms with E-state index >= 15 is 0 Å². The number of hydrogen-bond acceptors (Lipinski definition) is 2. The summed E-state index contributed by atoms with van der Waals surface area (Å²) in [6.45, 7) is 5.57. The molecule has 0 bridgehead atoms. The summed E-state index contributed by atoms with van der Waals surface area (Å²) in [6, 6.07) is -0.00863. The topological polar surface area (TPSA) is 60.9 Å². The zero-order valence-electron chi connectivity index (χ0n) is 13.5. The molecule has 2 amide bonds. The number of carboxylic acids is 1. The van der Waals surface area contributed by atoms with Gasteiger partial charge in [0.1, 0.15) is 0 Å². The van der Waals surface area contributed by atoms with Crippen molar-refractivity contribution < 1.29 is 14.7 Å². The van der Waals surface area contributed by atoms with Crippen LogP contribution in [-0.2, 0) is 4.79 Å². The molecule has 0 aromatic heterocycles. The summed E-state index contributed by atoms with van der Waals surface area (Å²) in [5.74, 6) is -0.116. The Morgan fingerprint density at radius 3 is 2.43 bits per heavy atom. The largest absolute Gasteiger partial charge is 0.481 e. The molecule has 1 N–H and O–H groups in total. The van der Waals surface area contributed by atoms with Gasteiger partial charge in [0.2, 0.25) is 0 Å². The van der Waals surface area contributed by atoms with Crippen molar-refractivity contribution in [2.24, 2.45) is 17.3 Å². The molecule has 2 fully saturated rings. The molecule has 1 atom stereocenters. The normalized spacial score (nSPS) is 26.6. The molecule has 1 aliphatic carbocycles. The third-order valence-electron chi connectivity index (χ3n) is 5.44. The fourth-order valence-corrected chi connectivity index (χ4v) is 3.79. The van der Waals surface area contributed by atoms with Crippen molar-refractivity contribution >= 4 is 12.0 Å². The molecule has 2 rings (SSSR count). The molecule has 0 radical (unpaired) electrons. The molecule has 1 heterocycles. The van der Waals surface area contributed by atoms with Gasteiger partial charge in [0, 0.05) is 26.7 Å². The molecular weight excluding hydrogens is 268 g/mol. The van der Waals surface area contributed by atoms with Gasteiger partial charge in [-0.05, 0) is 31.1 Å². The van der Waals surface area contributed by atoms with Crippen molar-refractivity contribution in [2.75, 3.05) is 26.7 Å². The Hall–Kier alpha value is -1.26. The summed E-state index contributed by atoms with van der Waals surface area (Å²) in [4.78, 5) is 27.7. The van der Waals surface area contributed by atoms with Crippen LogP contribution in [0.4, 0.5) is 4.79 Å². The molecule has 1 unspecified atom stereocenters. The van der Waals surface area contributed by atoms with Gasteiger partial charge in [-0.3, -0.25) is 4.79 Å². The molecule has 21 heavy (non-hydrogen) atoms. The van der Waals surface area contributed by atoms with Crippen molar-refractivity contribution in [2.45, 2.75) is 46.0 Å². The van der Waals surface area contributed by atoms with Gasteiger partial charge in [0.15, 0.2) is 0 Å². The molecule has 5 nitrogen and oxygen atoms in total. The Bertz CT molecular complexity index is 404. The van der Waals surface area contributed by atoms with Crippen LogP contribution < -0.4 is 0 Å². The van der Waals surface area contributed by atoms with Crippen LogP contribution in [0.25, 0.3) is 0 Å². The summed E-state index contributed by atoms with van der Waals surface area (Å²) in [7, 11) is 1.84. The highest BCUT2D eigenvalue weighted by Gasteiger charge is 2.48. The lowest BCUT2D eigenvalue weighted by molar-refractivity contribution is -0.150. The van der Waals surface area contributed by atoms with Gasteiger partial charge >= 0.3 is 12.0 Å². The van der Waals surface area contributed by atoms with Gasteiger partial charge in [0.05, 0.1) is 5.41 Å². The monoisotopic (exact) mass is 296 g/mol. The molecule has 120 valence electrons. The summed E-state index contributed by atoms with van der Waals surface area (Å²) in [6.07, 6.45) is 5.52. The molecule has 1 saturated heterocycles. The van der Waals surface area contributed by atoms with E-state index in [1.165, 1.54) is 25.7 Å². The fourth-order valence-electron chi connectivity index (χ4n) is 3.79. The zero-order chi connectivity index (χ0) is 15.6.